The number of hydrogen-bond acceptors (Lipinski definition) is 6. The third-order valence-corrected chi connectivity index (χ3v) is 4.47. The maximum absolute atomic E-state index is 12.5. The van der Waals surface area contributed by atoms with Crippen LogP contribution in [0.25, 0.3) is 0 Å². The quantitative estimate of drug-likeness (QED) is 0.705. The molecule has 2 atom stereocenters. The van der Waals surface area contributed by atoms with E-state index >= 15 is 0 Å². The number of carbonyl (C=O) groups excluding carboxylic acids is 4. The third-order valence-electron chi connectivity index (χ3n) is 4.47. The van der Waals surface area contributed by atoms with E-state index in [4.69, 9.17) is 9.47 Å². The minimum atomic E-state index is -1.18. The first-order valence-electron chi connectivity index (χ1n) is 9.69. The van der Waals surface area contributed by atoms with Crippen molar-refractivity contribution in [3.8, 4) is 5.75 Å². The van der Waals surface area contributed by atoms with E-state index in [1.54, 1.807) is 26.8 Å². The molecule has 9 heteroatoms. The summed E-state index contributed by atoms with van der Waals surface area (Å²) in [7, 11) is 1.51. The van der Waals surface area contributed by atoms with E-state index in [1.807, 2.05) is 19.1 Å². The Bertz CT molecular complexity index is 846. The molecule has 1 fully saturated rings. The maximum atomic E-state index is 12.5. The highest BCUT2D eigenvalue weighted by Crippen LogP contribution is 2.34. The molecular formula is C21H29N3O6. The monoisotopic (exact) mass is 419 g/mol. The number of amides is 4. The molecule has 0 saturated carbocycles. The maximum Gasteiger partial charge on any atom is 0.321 e. The normalized spacial score (nSPS) is 17.3. The number of carbonyl (C=O) groups is 4. The van der Waals surface area contributed by atoms with Crippen molar-refractivity contribution < 1.29 is 28.7 Å². The first kappa shape index (κ1) is 23.2. The fourth-order valence-corrected chi connectivity index (χ4v) is 3.02. The molecule has 0 radical (unpaired) electrons. The molecule has 1 aromatic rings. The van der Waals surface area contributed by atoms with Gasteiger partial charge in [-0.25, -0.2) is 4.79 Å². The van der Waals surface area contributed by atoms with Gasteiger partial charge in [-0.05, 0) is 52.3 Å². The zero-order valence-corrected chi connectivity index (χ0v) is 18.2. The molecule has 0 aliphatic carbocycles. The number of urea groups is 1. The van der Waals surface area contributed by atoms with Crippen molar-refractivity contribution in [3.05, 3.63) is 23.8 Å². The number of hydrogen-bond donors (Lipinski definition) is 2. The summed E-state index contributed by atoms with van der Waals surface area (Å²) < 4.78 is 10.5. The molecule has 164 valence electrons. The van der Waals surface area contributed by atoms with E-state index in [1.165, 1.54) is 18.9 Å². The van der Waals surface area contributed by atoms with Gasteiger partial charge in [0.25, 0.3) is 5.91 Å². The van der Waals surface area contributed by atoms with Crippen LogP contribution in [-0.2, 0) is 19.1 Å². The van der Waals surface area contributed by atoms with Gasteiger partial charge in [0.1, 0.15) is 5.75 Å². The highest BCUT2D eigenvalue weighted by molar-refractivity contribution is 6.01. The van der Waals surface area contributed by atoms with Crippen LogP contribution in [0.4, 0.5) is 10.5 Å². The molecule has 1 heterocycles. The highest BCUT2D eigenvalue weighted by Gasteiger charge is 2.38. The van der Waals surface area contributed by atoms with Crippen LogP contribution in [0, 0.1) is 12.8 Å². The second kappa shape index (κ2) is 9.15. The van der Waals surface area contributed by atoms with Crippen molar-refractivity contribution in [3.63, 3.8) is 0 Å². The van der Waals surface area contributed by atoms with Crippen LogP contribution < -0.4 is 20.3 Å². The van der Waals surface area contributed by atoms with Crippen LogP contribution in [0.3, 0.4) is 0 Å². The van der Waals surface area contributed by atoms with Crippen molar-refractivity contribution in [1.29, 1.82) is 0 Å². The Hall–Kier alpha value is -3.10. The van der Waals surface area contributed by atoms with Crippen LogP contribution in [-0.4, -0.2) is 49.1 Å². The number of rotatable bonds is 5. The Labute approximate surface area is 176 Å². The molecule has 9 nitrogen and oxygen atoms in total. The van der Waals surface area contributed by atoms with Gasteiger partial charge in [0.05, 0.1) is 18.7 Å². The van der Waals surface area contributed by atoms with Gasteiger partial charge in [0, 0.05) is 18.5 Å². The fourth-order valence-electron chi connectivity index (χ4n) is 3.02. The summed E-state index contributed by atoms with van der Waals surface area (Å²) in [5.74, 6) is -1.84. The second-order valence-corrected chi connectivity index (χ2v) is 8.35. The Balaban J connectivity index is 1.98. The van der Waals surface area contributed by atoms with Crippen molar-refractivity contribution in [2.45, 2.75) is 52.7 Å². The van der Waals surface area contributed by atoms with E-state index in [0.29, 0.717) is 11.4 Å². The van der Waals surface area contributed by atoms with Gasteiger partial charge in [-0.2, -0.15) is 0 Å². The predicted molar refractivity (Wildman–Crippen MR) is 110 cm³/mol. The number of anilines is 1. The largest absolute Gasteiger partial charge is 0.495 e. The van der Waals surface area contributed by atoms with E-state index in [0.717, 1.165) is 5.56 Å². The average molecular weight is 419 g/mol. The number of nitrogens with one attached hydrogen (secondary N) is 2. The zero-order valence-electron chi connectivity index (χ0n) is 18.2. The lowest BCUT2D eigenvalue weighted by Gasteiger charge is -2.22. The Morgan fingerprint density at radius 2 is 1.90 bits per heavy atom. The van der Waals surface area contributed by atoms with Crippen LogP contribution in [0.15, 0.2) is 18.2 Å². The summed E-state index contributed by atoms with van der Waals surface area (Å²) in [4.78, 5) is 50.4. The molecule has 2 rings (SSSR count). The predicted octanol–water partition coefficient (Wildman–Crippen LogP) is 1.91. The van der Waals surface area contributed by atoms with Crippen molar-refractivity contribution >= 4 is 29.5 Å². The van der Waals surface area contributed by atoms with Gasteiger partial charge in [-0.1, -0.05) is 6.07 Å². The lowest BCUT2D eigenvalue weighted by atomic mass is 10.1. The summed E-state index contributed by atoms with van der Waals surface area (Å²) in [5, 5.41) is 4.72. The molecular weight excluding hydrogens is 390 g/mol. The van der Waals surface area contributed by atoms with Crippen LogP contribution >= 0.6 is 0 Å². The first-order chi connectivity index (χ1) is 13.9. The molecule has 0 aromatic heterocycles. The van der Waals surface area contributed by atoms with Gasteiger partial charge in [-0.15, -0.1) is 0 Å². The molecule has 0 spiro atoms. The summed E-state index contributed by atoms with van der Waals surface area (Å²) in [6.45, 7) is 8.70. The topological polar surface area (TPSA) is 114 Å². The van der Waals surface area contributed by atoms with Crippen molar-refractivity contribution in [1.82, 2.24) is 10.6 Å². The molecule has 1 aliphatic rings. The van der Waals surface area contributed by atoms with Gasteiger partial charge in [-0.3, -0.25) is 19.7 Å². The lowest BCUT2D eigenvalue weighted by molar-refractivity contribution is -0.158. The van der Waals surface area contributed by atoms with E-state index in [2.05, 4.69) is 10.6 Å². The Morgan fingerprint density at radius 1 is 1.23 bits per heavy atom. The number of imide groups is 1. The number of nitrogens with zero attached hydrogens (tertiary/aromatic N) is 1. The summed E-state index contributed by atoms with van der Waals surface area (Å²) in [6.07, 6.45) is -1.21. The number of ether oxygens (including phenoxy) is 2. The SMILES string of the molecule is COc1ccc(C)cc1N1C[C@@H](C(=O)O[C@@H](C)C(=O)NC(=O)NC(C)(C)C)CC1=O. The summed E-state index contributed by atoms with van der Waals surface area (Å²) >= 11 is 0. The smallest absolute Gasteiger partial charge is 0.321 e. The summed E-state index contributed by atoms with van der Waals surface area (Å²) in [5.41, 5.74) is 1.01. The molecule has 0 unspecified atom stereocenters. The second-order valence-electron chi connectivity index (χ2n) is 8.35. The van der Waals surface area contributed by atoms with Crippen LogP contribution in [0.5, 0.6) is 5.75 Å². The zero-order chi connectivity index (χ0) is 22.6. The third kappa shape index (κ3) is 5.95. The molecule has 30 heavy (non-hydrogen) atoms. The first-order valence-corrected chi connectivity index (χ1v) is 9.69. The lowest BCUT2D eigenvalue weighted by Crippen LogP contribution is -2.50. The van der Waals surface area contributed by atoms with Gasteiger partial charge >= 0.3 is 12.0 Å². The number of aryl methyl sites for hydroxylation is 1. The number of methoxy groups -OCH3 is 1. The van der Waals surface area contributed by atoms with E-state index < -0.39 is 35.5 Å². The number of esters is 1. The van der Waals surface area contributed by atoms with Gasteiger partial charge in [0.2, 0.25) is 5.91 Å². The minimum Gasteiger partial charge on any atom is -0.495 e. The van der Waals surface area contributed by atoms with Crippen molar-refractivity contribution in [2.24, 2.45) is 5.92 Å². The van der Waals surface area contributed by atoms with Crippen LogP contribution in [0.1, 0.15) is 39.7 Å². The highest BCUT2D eigenvalue weighted by atomic mass is 16.5. The van der Waals surface area contributed by atoms with Crippen LogP contribution in [0.2, 0.25) is 0 Å². The van der Waals surface area contributed by atoms with E-state index in [9.17, 15) is 19.2 Å². The van der Waals surface area contributed by atoms with Gasteiger partial charge in [0.15, 0.2) is 6.10 Å². The minimum absolute atomic E-state index is 0.0330. The summed E-state index contributed by atoms with van der Waals surface area (Å²) in [6, 6.07) is 4.77. The fraction of sp³-hybridized carbons (Fsp3) is 0.524. The molecule has 2 N–H and O–H groups in total. The number of benzene rings is 1. The average Bonchev–Trinajstić information content (AvgIpc) is 3.01. The molecule has 1 aromatic carbocycles. The Kier molecular flexibility index (Phi) is 7.07. The standard InChI is InChI=1S/C21H29N3O6/c1-12-7-8-16(29-6)15(9-12)24-11-14(10-17(24)25)19(27)30-13(2)18(26)22-20(28)23-21(3,4)5/h7-9,13-14H,10-11H2,1-6H3,(H2,22,23,26,28)/t13-,14-/m0/s1. The molecule has 1 aliphatic heterocycles. The van der Waals surface area contributed by atoms with Crippen molar-refractivity contribution in [2.75, 3.05) is 18.6 Å². The molecule has 1 saturated heterocycles. The van der Waals surface area contributed by atoms with Gasteiger partial charge < -0.3 is 19.7 Å². The Morgan fingerprint density at radius 3 is 2.50 bits per heavy atom. The van der Waals surface area contributed by atoms with E-state index in [-0.39, 0.29) is 18.9 Å². The molecule has 0 bridgehead atoms. The molecule has 4 amide bonds.